The molecule has 3 rings (SSSR count). The van der Waals surface area contributed by atoms with Crippen LogP contribution in [0.15, 0.2) is 71.9 Å². The Balaban J connectivity index is 2.13. The predicted octanol–water partition coefficient (Wildman–Crippen LogP) is 5.83. The van der Waals surface area contributed by atoms with E-state index in [2.05, 4.69) is 30.0 Å². The molecule has 3 aromatic rings. The number of aromatic nitrogens is 1. The summed E-state index contributed by atoms with van der Waals surface area (Å²) in [5.41, 5.74) is 2.22. The molecule has 0 aliphatic carbocycles. The number of benzene rings is 2. The molecule has 0 fully saturated rings. The van der Waals surface area contributed by atoms with E-state index in [4.69, 9.17) is 16.3 Å². The van der Waals surface area contributed by atoms with Crippen LogP contribution in [0.5, 0.6) is 11.5 Å². The lowest BCUT2D eigenvalue weighted by atomic mass is 10.1. The zero-order valence-electron chi connectivity index (χ0n) is 13.7. The number of halogens is 1. The number of pyridine rings is 1. The van der Waals surface area contributed by atoms with Gasteiger partial charge in [-0.25, -0.2) is 4.57 Å². The molecule has 0 N–H and O–H groups in total. The van der Waals surface area contributed by atoms with Crippen LogP contribution in [-0.4, -0.2) is 6.26 Å². The number of hydrogen-bond donors (Lipinski definition) is 0. The fraction of sp³-hybridized carbons (Fsp3) is 0.150. The van der Waals surface area contributed by atoms with E-state index in [0.717, 1.165) is 39.1 Å². The molecule has 0 aliphatic rings. The lowest BCUT2D eigenvalue weighted by molar-refractivity contribution is -0.693. The first-order valence-corrected chi connectivity index (χ1v) is 9.41. The van der Waals surface area contributed by atoms with Crippen molar-refractivity contribution in [1.29, 1.82) is 0 Å². The molecule has 0 amide bonds. The van der Waals surface area contributed by atoms with E-state index < -0.39 is 0 Å². The largest absolute Gasteiger partial charge is 0.450 e. The van der Waals surface area contributed by atoms with Crippen molar-refractivity contribution in [3.05, 3.63) is 72.0 Å². The van der Waals surface area contributed by atoms with Crippen LogP contribution in [0.4, 0.5) is 0 Å². The number of para-hydroxylation sites is 1. The van der Waals surface area contributed by atoms with Gasteiger partial charge in [0, 0.05) is 5.02 Å². The molecule has 0 radical (unpaired) electrons. The molecule has 0 saturated heterocycles. The summed E-state index contributed by atoms with van der Waals surface area (Å²) in [6.07, 6.45) is 6.26. The fourth-order valence-corrected chi connectivity index (χ4v) is 3.42. The molecule has 0 unspecified atom stereocenters. The van der Waals surface area contributed by atoms with E-state index in [1.807, 2.05) is 54.7 Å². The molecule has 0 bridgehead atoms. The Morgan fingerprint density at radius 3 is 2.50 bits per heavy atom. The Kier molecular flexibility index (Phi) is 5.44. The first-order chi connectivity index (χ1) is 11.7. The number of aryl methyl sites for hydroxylation is 1. The van der Waals surface area contributed by atoms with Crippen LogP contribution in [0.2, 0.25) is 5.02 Å². The molecule has 0 atom stereocenters. The van der Waals surface area contributed by atoms with E-state index in [0.29, 0.717) is 0 Å². The molecule has 1 aromatic heterocycles. The Labute approximate surface area is 152 Å². The van der Waals surface area contributed by atoms with Crippen LogP contribution in [0.25, 0.3) is 11.1 Å². The van der Waals surface area contributed by atoms with Crippen LogP contribution in [0.1, 0.15) is 6.92 Å². The lowest BCUT2D eigenvalue weighted by Crippen LogP contribution is -2.31. The first-order valence-electron chi connectivity index (χ1n) is 7.81. The van der Waals surface area contributed by atoms with E-state index in [1.54, 1.807) is 11.8 Å². The van der Waals surface area contributed by atoms with Crippen molar-refractivity contribution in [2.24, 2.45) is 0 Å². The van der Waals surface area contributed by atoms with Gasteiger partial charge in [-0.15, -0.1) is 11.8 Å². The van der Waals surface area contributed by atoms with Crippen molar-refractivity contribution in [3.8, 4) is 22.6 Å². The molecule has 0 spiro atoms. The van der Waals surface area contributed by atoms with Crippen LogP contribution < -0.4 is 9.30 Å². The molecule has 122 valence electrons. The van der Waals surface area contributed by atoms with Crippen molar-refractivity contribution < 1.29 is 9.30 Å². The highest BCUT2D eigenvalue weighted by Gasteiger charge is 2.18. The van der Waals surface area contributed by atoms with E-state index in [1.165, 1.54) is 0 Å². The molecule has 4 heteroatoms. The van der Waals surface area contributed by atoms with Crippen LogP contribution in [0.3, 0.4) is 0 Å². The second kappa shape index (κ2) is 7.73. The number of hydrogen-bond acceptors (Lipinski definition) is 2. The average molecular weight is 357 g/mol. The van der Waals surface area contributed by atoms with Gasteiger partial charge in [0.1, 0.15) is 12.3 Å². The third kappa shape index (κ3) is 3.74. The van der Waals surface area contributed by atoms with Crippen LogP contribution in [-0.2, 0) is 6.54 Å². The van der Waals surface area contributed by atoms with Crippen molar-refractivity contribution >= 4 is 23.4 Å². The topological polar surface area (TPSA) is 13.1 Å². The van der Waals surface area contributed by atoms with E-state index in [9.17, 15) is 0 Å². The maximum Gasteiger partial charge on any atom is 0.213 e. The zero-order valence-corrected chi connectivity index (χ0v) is 15.3. The van der Waals surface area contributed by atoms with Gasteiger partial charge in [-0.1, -0.05) is 41.9 Å². The summed E-state index contributed by atoms with van der Waals surface area (Å²) in [6.45, 7) is 2.99. The second-order valence-electron chi connectivity index (χ2n) is 5.33. The monoisotopic (exact) mass is 356 g/mol. The van der Waals surface area contributed by atoms with Gasteiger partial charge in [0.15, 0.2) is 6.20 Å². The van der Waals surface area contributed by atoms with Gasteiger partial charge in [-0.2, -0.15) is 0 Å². The summed E-state index contributed by atoms with van der Waals surface area (Å²) in [5.74, 6) is 1.69. The molecule has 0 aliphatic heterocycles. The SMILES string of the molecule is CC[n+]1cc(Oc2ccccc2)c(SC)c(-c2cccc(Cl)c2)c1. The summed E-state index contributed by atoms with van der Waals surface area (Å²) in [4.78, 5) is 1.10. The maximum atomic E-state index is 6.19. The third-order valence-corrected chi connectivity index (χ3v) is 4.79. The molecule has 2 nitrogen and oxygen atoms in total. The van der Waals surface area contributed by atoms with Crippen LogP contribution in [0, 0.1) is 0 Å². The van der Waals surface area contributed by atoms with Crippen LogP contribution >= 0.6 is 23.4 Å². The Bertz CT molecular complexity index is 836. The van der Waals surface area contributed by atoms with Gasteiger partial charge >= 0.3 is 0 Å². The molecule has 2 aromatic carbocycles. The normalized spacial score (nSPS) is 10.6. The summed E-state index contributed by atoms with van der Waals surface area (Å²) in [5, 5.41) is 0.733. The first kappa shape index (κ1) is 16.9. The van der Waals surface area contributed by atoms with Gasteiger partial charge in [0.05, 0.1) is 10.5 Å². The second-order valence-corrected chi connectivity index (χ2v) is 6.58. The smallest absolute Gasteiger partial charge is 0.213 e. The minimum atomic E-state index is 0.733. The standard InChI is InChI=1S/C20H19ClNOS/c1-3-22-13-18(15-8-7-9-16(21)12-15)20(24-2)19(14-22)23-17-10-5-4-6-11-17/h4-14H,3H2,1-2H3/q+1. The summed E-state index contributed by atoms with van der Waals surface area (Å²) in [6, 6.07) is 17.8. The van der Waals surface area contributed by atoms with E-state index >= 15 is 0 Å². The Morgan fingerprint density at radius 1 is 1.04 bits per heavy atom. The lowest BCUT2D eigenvalue weighted by Gasteiger charge is -2.13. The summed E-state index contributed by atoms with van der Waals surface area (Å²) < 4.78 is 8.29. The maximum absolute atomic E-state index is 6.19. The molecule has 1 heterocycles. The highest BCUT2D eigenvalue weighted by atomic mass is 35.5. The summed E-state index contributed by atoms with van der Waals surface area (Å²) >= 11 is 7.87. The van der Waals surface area contributed by atoms with E-state index in [-0.39, 0.29) is 0 Å². The van der Waals surface area contributed by atoms with Crippen molar-refractivity contribution in [3.63, 3.8) is 0 Å². The third-order valence-electron chi connectivity index (χ3n) is 3.72. The Hall–Kier alpha value is -1.97. The average Bonchev–Trinajstić information content (AvgIpc) is 2.62. The van der Waals surface area contributed by atoms with Gasteiger partial charge in [-0.3, -0.25) is 0 Å². The minimum Gasteiger partial charge on any atom is -0.450 e. The van der Waals surface area contributed by atoms with Gasteiger partial charge in [0.2, 0.25) is 11.9 Å². The number of ether oxygens (including phenoxy) is 1. The minimum absolute atomic E-state index is 0.733. The molecule has 24 heavy (non-hydrogen) atoms. The number of nitrogens with zero attached hydrogens (tertiary/aromatic N) is 1. The molecular weight excluding hydrogens is 338 g/mol. The predicted molar refractivity (Wildman–Crippen MR) is 101 cm³/mol. The fourth-order valence-electron chi connectivity index (χ4n) is 2.55. The van der Waals surface area contributed by atoms with Gasteiger partial charge in [0.25, 0.3) is 0 Å². The summed E-state index contributed by atoms with van der Waals surface area (Å²) in [7, 11) is 0. The number of rotatable bonds is 5. The van der Waals surface area contributed by atoms with Gasteiger partial charge < -0.3 is 4.74 Å². The van der Waals surface area contributed by atoms with Crippen molar-refractivity contribution in [1.82, 2.24) is 0 Å². The molecule has 0 saturated carbocycles. The zero-order chi connectivity index (χ0) is 16.9. The van der Waals surface area contributed by atoms with Crippen molar-refractivity contribution in [2.45, 2.75) is 18.4 Å². The van der Waals surface area contributed by atoms with Crippen molar-refractivity contribution in [2.75, 3.05) is 6.26 Å². The molecular formula is C20H19ClNOS+. The highest BCUT2D eigenvalue weighted by Crippen LogP contribution is 2.38. The van der Waals surface area contributed by atoms with Gasteiger partial charge in [-0.05, 0) is 43.0 Å². The number of thioether (sulfide) groups is 1. The Morgan fingerprint density at radius 2 is 1.83 bits per heavy atom. The quantitative estimate of drug-likeness (QED) is 0.421. The highest BCUT2D eigenvalue weighted by molar-refractivity contribution is 7.98.